The Morgan fingerprint density at radius 1 is 0.886 bits per heavy atom. The van der Waals surface area contributed by atoms with Gasteiger partial charge in [-0.25, -0.2) is 9.18 Å². The molecule has 1 aliphatic heterocycles. The number of aliphatic imine (C=N–C) groups is 1. The Hall–Kier alpha value is -0.760. The van der Waals surface area contributed by atoms with E-state index in [1.807, 2.05) is 0 Å². The fraction of sp³-hybridized carbons (Fsp3) is 0.893. The molecule has 6 nitrogen and oxygen atoms in total. The number of quaternary nitrogens is 1. The maximum Gasteiger partial charge on any atom is 0.397 e. The second-order valence-corrected chi connectivity index (χ2v) is 11.2. The van der Waals surface area contributed by atoms with E-state index in [1.54, 1.807) is 0 Å². The van der Waals surface area contributed by atoms with Crippen LogP contribution in [0.2, 0.25) is 0 Å². The van der Waals surface area contributed by atoms with Crippen LogP contribution < -0.4 is 0 Å². The number of hydrogen-bond acceptors (Lipinski definition) is 4. The molecule has 0 aromatic rings. The second-order valence-electron chi connectivity index (χ2n) is 10.1. The first-order chi connectivity index (χ1) is 16.7. The number of nitrogens with zero attached hydrogens (tertiary/aromatic N) is 2. The van der Waals surface area contributed by atoms with Gasteiger partial charge in [0.25, 0.3) is 0 Å². The van der Waals surface area contributed by atoms with Crippen molar-refractivity contribution in [3.8, 4) is 0 Å². The van der Waals surface area contributed by atoms with Crippen LogP contribution in [0.4, 0.5) is 0 Å². The van der Waals surface area contributed by atoms with Crippen LogP contribution in [-0.4, -0.2) is 56.1 Å². The number of likely N-dealkylation sites (N-methyl/N-ethyl adjacent to an activating group) is 1. The smallest absolute Gasteiger partial charge is 0.274 e. The largest absolute Gasteiger partial charge is 0.397 e. The molecule has 35 heavy (non-hydrogen) atoms. The summed E-state index contributed by atoms with van der Waals surface area (Å²) in [6.07, 6.45) is 22.7. The molecule has 0 saturated carbocycles. The zero-order valence-electron chi connectivity index (χ0n) is 23.5. The van der Waals surface area contributed by atoms with Gasteiger partial charge in [0.2, 0.25) is 0 Å². The summed E-state index contributed by atoms with van der Waals surface area (Å²) in [6.45, 7) is 16.8. The highest BCUT2D eigenvalue weighted by Gasteiger charge is 2.35. The summed E-state index contributed by atoms with van der Waals surface area (Å²) in [5, 5.41) is 0. The van der Waals surface area contributed by atoms with Crippen LogP contribution in [0.25, 0.3) is 0 Å². The minimum Gasteiger partial charge on any atom is -0.274 e. The quantitative estimate of drug-likeness (QED) is 0.0726. The van der Waals surface area contributed by atoms with Gasteiger partial charge < -0.3 is 0 Å². The van der Waals surface area contributed by atoms with Crippen molar-refractivity contribution in [3.63, 3.8) is 0 Å². The molecule has 1 heterocycles. The molecule has 1 atom stereocenters. The molecule has 0 fully saturated rings. The van der Waals surface area contributed by atoms with Crippen molar-refractivity contribution in [2.24, 2.45) is 4.99 Å². The molecule has 7 heteroatoms. The molecule has 1 N–H and O–H groups in total. The lowest BCUT2D eigenvalue weighted by Crippen LogP contribution is -2.51. The summed E-state index contributed by atoms with van der Waals surface area (Å²) in [5.74, 6) is 1.46. The van der Waals surface area contributed by atoms with Crippen molar-refractivity contribution in [2.45, 2.75) is 130 Å². The zero-order valence-corrected chi connectivity index (χ0v) is 24.3. The van der Waals surface area contributed by atoms with E-state index in [1.165, 1.54) is 134 Å². The van der Waals surface area contributed by atoms with E-state index in [4.69, 9.17) is 9.55 Å². The van der Waals surface area contributed by atoms with Gasteiger partial charge in [-0.05, 0) is 32.8 Å². The van der Waals surface area contributed by atoms with Crippen molar-refractivity contribution >= 4 is 16.2 Å². The predicted molar refractivity (Wildman–Crippen MR) is 150 cm³/mol. The van der Waals surface area contributed by atoms with Crippen LogP contribution in [0.1, 0.15) is 130 Å². The molecule has 0 spiro atoms. The summed E-state index contributed by atoms with van der Waals surface area (Å²) in [6, 6.07) is 0. The number of amidine groups is 1. The molecular formula is C28H57N2O4S+. The summed E-state index contributed by atoms with van der Waals surface area (Å²) in [4.78, 5) is 4.86. The highest BCUT2D eigenvalue weighted by Crippen LogP contribution is 2.22. The van der Waals surface area contributed by atoms with Gasteiger partial charge in [0.15, 0.2) is 5.84 Å². The fourth-order valence-electron chi connectivity index (χ4n) is 4.91. The van der Waals surface area contributed by atoms with Crippen molar-refractivity contribution in [1.29, 1.82) is 0 Å². The Bertz CT molecular complexity index is 664. The summed E-state index contributed by atoms with van der Waals surface area (Å²) in [7, 11) is -4.17. The molecule has 0 amide bonds. The molecule has 0 aromatic carbocycles. The van der Waals surface area contributed by atoms with Gasteiger partial charge in [-0.1, -0.05) is 103 Å². The lowest BCUT2D eigenvalue weighted by atomic mass is 10.0. The van der Waals surface area contributed by atoms with E-state index in [0.29, 0.717) is 0 Å². The Balaban J connectivity index is 0.00000143. The van der Waals surface area contributed by atoms with Crippen LogP contribution in [0, 0.1) is 0 Å². The summed E-state index contributed by atoms with van der Waals surface area (Å²) < 4.78 is 31.7. The Kier molecular flexibility index (Phi) is 20.9. The first-order valence-corrected chi connectivity index (χ1v) is 15.7. The number of hydrogen-bond donors (Lipinski definition) is 1. The third kappa shape index (κ3) is 19.1. The van der Waals surface area contributed by atoms with Gasteiger partial charge in [-0.15, -0.1) is 0 Å². The van der Waals surface area contributed by atoms with E-state index in [-0.39, 0.29) is 6.61 Å². The highest BCUT2D eigenvalue weighted by atomic mass is 32.3. The van der Waals surface area contributed by atoms with Crippen molar-refractivity contribution in [1.82, 2.24) is 0 Å². The summed E-state index contributed by atoms with van der Waals surface area (Å²) >= 11 is 0. The van der Waals surface area contributed by atoms with Gasteiger partial charge in [0, 0.05) is 6.42 Å². The van der Waals surface area contributed by atoms with Crippen LogP contribution in [0.15, 0.2) is 17.1 Å². The predicted octanol–water partition coefficient (Wildman–Crippen LogP) is 7.90. The van der Waals surface area contributed by atoms with Gasteiger partial charge >= 0.3 is 10.4 Å². The molecule has 1 aliphatic rings. The van der Waals surface area contributed by atoms with E-state index < -0.39 is 10.4 Å². The maximum atomic E-state index is 9.56. The molecule has 0 aromatic heterocycles. The average molecular weight is 518 g/mol. The Morgan fingerprint density at radius 3 is 1.69 bits per heavy atom. The SMILES string of the molecule is C=C(C)C[N+]1(CC)CCN=C1CCCCCCCCCCCCCCCCC.CCOS(=O)(=O)O. The van der Waals surface area contributed by atoms with Crippen molar-refractivity contribution in [2.75, 3.05) is 32.8 Å². The van der Waals surface area contributed by atoms with Crippen molar-refractivity contribution < 1.29 is 21.6 Å². The number of unbranched alkanes of at least 4 members (excludes halogenated alkanes) is 14. The standard InChI is InChI=1S/C26H51N2.C2H6O4S/c1-5-7-8-9-10-11-12-13-14-15-16-17-18-19-20-21-26-27-22-23-28(26,6-2)24-25(3)4;1-2-6-7(3,4)5/h3,5-24H2,1-2,4H3;2H2,1H3,(H,3,4,5)/q+1;. The molecular weight excluding hydrogens is 460 g/mol. The van der Waals surface area contributed by atoms with Crippen LogP contribution in [-0.2, 0) is 14.6 Å². The van der Waals surface area contributed by atoms with Crippen LogP contribution in [0.3, 0.4) is 0 Å². The Morgan fingerprint density at radius 2 is 1.34 bits per heavy atom. The molecule has 1 rings (SSSR count). The highest BCUT2D eigenvalue weighted by molar-refractivity contribution is 7.80. The van der Waals surface area contributed by atoms with Gasteiger partial charge in [0.05, 0.1) is 19.7 Å². The topological polar surface area (TPSA) is 76.0 Å². The molecule has 0 bridgehead atoms. The minimum absolute atomic E-state index is 0.0289. The minimum atomic E-state index is -4.17. The maximum absolute atomic E-state index is 9.56. The average Bonchev–Trinajstić information content (AvgIpc) is 3.18. The lowest BCUT2D eigenvalue weighted by Gasteiger charge is -2.34. The van der Waals surface area contributed by atoms with Gasteiger partial charge in [-0.3, -0.25) is 9.04 Å². The van der Waals surface area contributed by atoms with E-state index in [9.17, 15) is 8.42 Å². The Labute approximate surface area is 218 Å². The normalized spacial score (nSPS) is 17.7. The first kappa shape index (κ1) is 34.2. The molecule has 1 unspecified atom stereocenters. The van der Waals surface area contributed by atoms with Crippen LogP contribution in [0.5, 0.6) is 0 Å². The zero-order chi connectivity index (χ0) is 26.4. The molecule has 0 radical (unpaired) electrons. The molecule has 0 saturated heterocycles. The van der Waals surface area contributed by atoms with E-state index >= 15 is 0 Å². The third-order valence-corrected chi connectivity index (χ3v) is 7.35. The third-order valence-electron chi connectivity index (χ3n) is 6.82. The second kappa shape index (κ2) is 21.3. The van der Waals surface area contributed by atoms with E-state index in [0.717, 1.165) is 17.6 Å². The number of rotatable bonds is 21. The van der Waals surface area contributed by atoms with Gasteiger partial charge in [0.1, 0.15) is 13.1 Å². The first-order valence-electron chi connectivity index (χ1n) is 14.4. The van der Waals surface area contributed by atoms with Crippen LogP contribution >= 0.6 is 0 Å². The van der Waals surface area contributed by atoms with Crippen molar-refractivity contribution in [3.05, 3.63) is 12.2 Å². The van der Waals surface area contributed by atoms with E-state index in [2.05, 4.69) is 31.5 Å². The summed E-state index contributed by atoms with van der Waals surface area (Å²) in [5.41, 5.74) is 1.30. The molecule has 208 valence electrons. The fourth-order valence-corrected chi connectivity index (χ4v) is 5.21. The lowest BCUT2D eigenvalue weighted by molar-refractivity contribution is -0.829. The van der Waals surface area contributed by atoms with Gasteiger partial charge in [-0.2, -0.15) is 8.42 Å². The monoisotopic (exact) mass is 517 g/mol. The molecule has 0 aliphatic carbocycles.